The van der Waals surface area contributed by atoms with Crippen LogP contribution in [0.5, 0.6) is 0 Å². The van der Waals surface area contributed by atoms with E-state index in [1.807, 2.05) is 6.07 Å². The van der Waals surface area contributed by atoms with Crippen molar-refractivity contribution in [3.05, 3.63) is 30.3 Å². The molecule has 2 heterocycles. The highest BCUT2D eigenvalue weighted by Crippen LogP contribution is 2.22. The summed E-state index contributed by atoms with van der Waals surface area (Å²) < 4.78 is 0. The minimum absolute atomic E-state index is 0.133. The molecule has 1 amide bonds. The number of carbonyl (C=O) groups excluding carboxylic acids is 1. The SMILES string of the molecule is O=C(CN1CCN(CCO)CC1)NC[C@@H]1CCN(c2ccccc2)C1. The summed E-state index contributed by atoms with van der Waals surface area (Å²) in [6, 6.07) is 10.5. The molecule has 0 saturated carbocycles. The van der Waals surface area contributed by atoms with Crippen molar-refractivity contribution < 1.29 is 9.90 Å². The van der Waals surface area contributed by atoms with Gasteiger partial charge in [0.05, 0.1) is 13.2 Å². The molecule has 1 aromatic rings. The minimum atomic E-state index is 0.133. The third-order valence-electron chi connectivity index (χ3n) is 5.24. The molecule has 3 rings (SSSR count). The number of rotatable bonds is 7. The molecule has 0 radical (unpaired) electrons. The van der Waals surface area contributed by atoms with Crippen molar-refractivity contribution in [1.82, 2.24) is 15.1 Å². The molecule has 2 N–H and O–H groups in total. The van der Waals surface area contributed by atoms with Crippen molar-refractivity contribution >= 4 is 11.6 Å². The molecule has 0 spiro atoms. The second kappa shape index (κ2) is 9.17. The average Bonchev–Trinajstić information content (AvgIpc) is 3.12. The number of anilines is 1. The lowest BCUT2D eigenvalue weighted by Crippen LogP contribution is -2.50. The Hall–Kier alpha value is -1.63. The standard InChI is InChI=1S/C19H30N4O2/c24-13-12-21-8-10-22(11-9-21)16-19(25)20-14-17-6-7-23(15-17)18-4-2-1-3-5-18/h1-5,17,24H,6-16H2,(H,20,25)/t17-/m0/s1. The van der Waals surface area contributed by atoms with E-state index >= 15 is 0 Å². The van der Waals surface area contributed by atoms with Crippen molar-refractivity contribution in [2.45, 2.75) is 6.42 Å². The van der Waals surface area contributed by atoms with Crippen LogP contribution in [0.15, 0.2) is 30.3 Å². The van der Waals surface area contributed by atoms with Crippen molar-refractivity contribution in [2.24, 2.45) is 5.92 Å². The van der Waals surface area contributed by atoms with Gasteiger partial charge in [-0.15, -0.1) is 0 Å². The van der Waals surface area contributed by atoms with Gasteiger partial charge in [0.2, 0.25) is 5.91 Å². The van der Waals surface area contributed by atoms with Crippen molar-refractivity contribution in [2.75, 3.05) is 70.4 Å². The second-order valence-electron chi connectivity index (χ2n) is 7.08. The molecule has 2 aliphatic heterocycles. The third kappa shape index (κ3) is 5.42. The van der Waals surface area contributed by atoms with Gasteiger partial charge in [0.1, 0.15) is 0 Å². The van der Waals surface area contributed by atoms with Crippen LogP contribution in [0.3, 0.4) is 0 Å². The first-order valence-corrected chi connectivity index (χ1v) is 9.37. The number of nitrogens with zero attached hydrogens (tertiary/aromatic N) is 3. The van der Waals surface area contributed by atoms with Crippen LogP contribution < -0.4 is 10.2 Å². The number of piperazine rings is 1. The average molecular weight is 346 g/mol. The quantitative estimate of drug-likeness (QED) is 0.741. The second-order valence-corrected chi connectivity index (χ2v) is 7.08. The normalized spacial score (nSPS) is 22.3. The number of hydrogen-bond donors (Lipinski definition) is 2. The van der Waals surface area contributed by atoms with E-state index in [0.29, 0.717) is 12.5 Å². The van der Waals surface area contributed by atoms with Crippen LogP contribution in [0, 0.1) is 5.92 Å². The Labute approximate surface area is 150 Å². The number of nitrogens with one attached hydrogen (secondary N) is 1. The molecule has 2 fully saturated rings. The van der Waals surface area contributed by atoms with Crippen molar-refractivity contribution in [3.63, 3.8) is 0 Å². The van der Waals surface area contributed by atoms with Crippen LogP contribution in [0.2, 0.25) is 0 Å². The Kier molecular flexibility index (Phi) is 6.67. The fourth-order valence-corrected chi connectivity index (χ4v) is 3.70. The van der Waals surface area contributed by atoms with Gasteiger partial charge in [0.15, 0.2) is 0 Å². The maximum Gasteiger partial charge on any atom is 0.234 e. The van der Waals surface area contributed by atoms with E-state index in [9.17, 15) is 4.79 Å². The van der Waals surface area contributed by atoms with Gasteiger partial charge in [0.25, 0.3) is 0 Å². The Morgan fingerprint density at radius 2 is 1.80 bits per heavy atom. The monoisotopic (exact) mass is 346 g/mol. The Morgan fingerprint density at radius 3 is 2.52 bits per heavy atom. The maximum absolute atomic E-state index is 12.2. The summed E-state index contributed by atoms with van der Waals surface area (Å²) in [7, 11) is 0. The van der Waals surface area contributed by atoms with E-state index in [1.54, 1.807) is 0 Å². The number of aliphatic hydroxyl groups is 1. The molecule has 0 bridgehead atoms. The van der Waals surface area contributed by atoms with Crippen LogP contribution in [0.1, 0.15) is 6.42 Å². The smallest absolute Gasteiger partial charge is 0.234 e. The molecule has 1 aromatic carbocycles. The predicted molar refractivity (Wildman–Crippen MR) is 99.7 cm³/mol. The molecule has 6 heteroatoms. The highest BCUT2D eigenvalue weighted by Gasteiger charge is 2.24. The Bertz CT molecular complexity index is 531. The van der Waals surface area contributed by atoms with Gasteiger partial charge in [-0.1, -0.05) is 18.2 Å². The van der Waals surface area contributed by atoms with Gasteiger partial charge in [-0.05, 0) is 24.5 Å². The molecule has 0 unspecified atom stereocenters. The Morgan fingerprint density at radius 1 is 1.08 bits per heavy atom. The number of carbonyl (C=O) groups is 1. The van der Waals surface area contributed by atoms with Gasteiger partial charge in [-0.25, -0.2) is 0 Å². The zero-order valence-electron chi connectivity index (χ0n) is 14.9. The van der Waals surface area contributed by atoms with E-state index < -0.39 is 0 Å². The number of benzene rings is 1. The summed E-state index contributed by atoms with van der Waals surface area (Å²) in [5.74, 6) is 0.666. The predicted octanol–water partition coefficient (Wildman–Crippen LogP) is 0.239. The largest absolute Gasteiger partial charge is 0.395 e. The summed E-state index contributed by atoms with van der Waals surface area (Å²) in [6.45, 7) is 7.96. The highest BCUT2D eigenvalue weighted by molar-refractivity contribution is 5.78. The minimum Gasteiger partial charge on any atom is -0.395 e. The van der Waals surface area contributed by atoms with Crippen LogP contribution in [-0.2, 0) is 4.79 Å². The lowest BCUT2D eigenvalue weighted by molar-refractivity contribution is -0.122. The summed E-state index contributed by atoms with van der Waals surface area (Å²) >= 11 is 0. The first-order valence-electron chi connectivity index (χ1n) is 9.37. The van der Waals surface area contributed by atoms with E-state index in [2.05, 4.69) is 44.3 Å². The lowest BCUT2D eigenvalue weighted by Gasteiger charge is -2.33. The fraction of sp³-hybridized carbons (Fsp3) is 0.632. The van der Waals surface area contributed by atoms with E-state index in [4.69, 9.17) is 5.11 Å². The molecule has 6 nitrogen and oxygen atoms in total. The number of β-amino-alcohol motifs (C(OH)–C–C–N with tert-alkyl or cyclic N) is 1. The maximum atomic E-state index is 12.2. The number of hydrogen-bond acceptors (Lipinski definition) is 5. The number of para-hydroxylation sites is 1. The van der Waals surface area contributed by atoms with E-state index in [1.165, 1.54) is 5.69 Å². The summed E-state index contributed by atoms with van der Waals surface area (Å²) in [5.41, 5.74) is 1.28. The van der Waals surface area contributed by atoms with Crippen molar-refractivity contribution in [3.8, 4) is 0 Å². The van der Waals surface area contributed by atoms with Gasteiger partial charge < -0.3 is 15.3 Å². The first kappa shape index (κ1) is 18.2. The fourth-order valence-electron chi connectivity index (χ4n) is 3.70. The number of aliphatic hydroxyl groups excluding tert-OH is 1. The van der Waals surface area contributed by atoms with Crippen LogP contribution in [0.4, 0.5) is 5.69 Å². The molecule has 0 aromatic heterocycles. The van der Waals surface area contributed by atoms with E-state index in [-0.39, 0.29) is 12.5 Å². The molecule has 2 saturated heterocycles. The van der Waals surface area contributed by atoms with Gasteiger partial charge in [-0.3, -0.25) is 14.6 Å². The Balaban J connectivity index is 1.33. The summed E-state index contributed by atoms with van der Waals surface area (Å²) in [5, 5.41) is 12.1. The van der Waals surface area contributed by atoms with Gasteiger partial charge in [-0.2, -0.15) is 0 Å². The van der Waals surface area contributed by atoms with Gasteiger partial charge in [0, 0.05) is 58.0 Å². The molecular formula is C19H30N4O2. The summed E-state index contributed by atoms with van der Waals surface area (Å²) in [6.07, 6.45) is 1.13. The van der Waals surface area contributed by atoms with E-state index in [0.717, 1.165) is 58.8 Å². The molecule has 25 heavy (non-hydrogen) atoms. The molecular weight excluding hydrogens is 316 g/mol. The lowest BCUT2D eigenvalue weighted by atomic mass is 10.1. The zero-order chi connectivity index (χ0) is 17.5. The molecule has 138 valence electrons. The molecule has 1 atom stereocenters. The zero-order valence-corrected chi connectivity index (χ0v) is 14.9. The molecule has 0 aliphatic carbocycles. The van der Waals surface area contributed by atoms with Gasteiger partial charge >= 0.3 is 0 Å². The number of amides is 1. The van der Waals surface area contributed by atoms with Crippen LogP contribution in [0.25, 0.3) is 0 Å². The van der Waals surface area contributed by atoms with Crippen molar-refractivity contribution in [1.29, 1.82) is 0 Å². The molecule has 2 aliphatic rings. The topological polar surface area (TPSA) is 59.1 Å². The third-order valence-corrected chi connectivity index (χ3v) is 5.24. The first-order chi connectivity index (χ1) is 12.2. The van der Waals surface area contributed by atoms with Crippen LogP contribution in [-0.4, -0.2) is 86.3 Å². The highest BCUT2D eigenvalue weighted by atomic mass is 16.3. The van der Waals surface area contributed by atoms with Crippen LogP contribution >= 0.6 is 0 Å². The summed E-state index contributed by atoms with van der Waals surface area (Å²) in [4.78, 5) is 19.1.